The first kappa shape index (κ1) is 27.0. The van der Waals surface area contributed by atoms with Gasteiger partial charge in [0.05, 0.1) is 11.2 Å². The van der Waals surface area contributed by atoms with Gasteiger partial charge in [0.25, 0.3) is 5.91 Å². The molecule has 0 radical (unpaired) electrons. The molecular formula is C33H34N6O. The van der Waals surface area contributed by atoms with Crippen molar-refractivity contribution in [2.24, 2.45) is 0 Å². The third-order valence-corrected chi connectivity index (χ3v) is 6.67. The Bertz CT molecular complexity index is 1600. The summed E-state index contributed by atoms with van der Waals surface area (Å²) >= 11 is 0. The van der Waals surface area contributed by atoms with Crippen molar-refractivity contribution in [1.82, 2.24) is 20.2 Å². The molecule has 3 N–H and O–H groups in total. The largest absolute Gasteiger partial charge is 0.324 e. The lowest BCUT2D eigenvalue weighted by Gasteiger charge is -2.13. The van der Waals surface area contributed by atoms with Crippen molar-refractivity contribution in [3.63, 3.8) is 0 Å². The van der Waals surface area contributed by atoms with Crippen LogP contribution in [0.2, 0.25) is 0 Å². The Morgan fingerprint density at radius 3 is 2.38 bits per heavy atom. The van der Waals surface area contributed by atoms with E-state index in [1.165, 1.54) is 0 Å². The van der Waals surface area contributed by atoms with Gasteiger partial charge in [-0.15, -0.1) is 0 Å². The van der Waals surface area contributed by atoms with E-state index in [2.05, 4.69) is 41.0 Å². The van der Waals surface area contributed by atoms with Crippen molar-refractivity contribution in [3.8, 4) is 11.3 Å². The number of rotatable bonds is 10. The number of benzene rings is 4. The third-order valence-electron chi connectivity index (χ3n) is 6.67. The number of fused-ring (bicyclic) bond motifs is 1. The molecule has 40 heavy (non-hydrogen) atoms. The number of aromatic nitrogens is 2. The van der Waals surface area contributed by atoms with Crippen LogP contribution in [0.4, 0.5) is 17.3 Å². The van der Waals surface area contributed by atoms with Crippen LogP contribution in [-0.2, 0) is 6.54 Å². The third kappa shape index (κ3) is 6.69. The molecule has 202 valence electrons. The number of hydrogen-bond donors (Lipinski definition) is 3. The predicted molar refractivity (Wildman–Crippen MR) is 164 cm³/mol. The van der Waals surface area contributed by atoms with Gasteiger partial charge in [0, 0.05) is 47.5 Å². The Labute approximate surface area is 235 Å². The first-order chi connectivity index (χ1) is 19.5. The molecule has 0 atom stereocenters. The molecule has 0 bridgehead atoms. The van der Waals surface area contributed by atoms with Gasteiger partial charge in [0.15, 0.2) is 0 Å². The highest BCUT2D eigenvalue weighted by atomic mass is 16.1. The molecule has 0 saturated heterocycles. The van der Waals surface area contributed by atoms with Gasteiger partial charge in [0.1, 0.15) is 0 Å². The zero-order chi connectivity index (χ0) is 27.9. The number of likely N-dealkylation sites (N-methyl/N-ethyl adjacent to an activating group) is 1. The highest BCUT2D eigenvalue weighted by molar-refractivity contribution is 6.05. The Balaban J connectivity index is 1.28. The van der Waals surface area contributed by atoms with Crippen LogP contribution in [0, 0.1) is 6.92 Å². The van der Waals surface area contributed by atoms with Crippen LogP contribution in [0.5, 0.6) is 0 Å². The molecule has 0 saturated carbocycles. The normalized spacial score (nSPS) is 11.1. The number of nitrogens with zero attached hydrogens (tertiary/aromatic N) is 3. The molecule has 0 fully saturated rings. The second kappa shape index (κ2) is 12.5. The molecular weight excluding hydrogens is 496 g/mol. The fraction of sp³-hybridized carbons (Fsp3) is 0.182. The first-order valence-corrected chi connectivity index (χ1v) is 13.4. The van der Waals surface area contributed by atoms with Crippen molar-refractivity contribution in [2.75, 3.05) is 37.8 Å². The van der Waals surface area contributed by atoms with E-state index in [0.717, 1.165) is 64.3 Å². The van der Waals surface area contributed by atoms with E-state index in [0.29, 0.717) is 11.5 Å². The lowest BCUT2D eigenvalue weighted by Crippen LogP contribution is -2.26. The molecule has 7 heteroatoms. The summed E-state index contributed by atoms with van der Waals surface area (Å²) in [5.74, 6) is 0.349. The maximum atomic E-state index is 13.1. The molecule has 5 rings (SSSR count). The Morgan fingerprint density at radius 1 is 0.850 bits per heavy atom. The molecule has 0 aliphatic carbocycles. The average Bonchev–Trinajstić information content (AvgIpc) is 2.97. The Kier molecular flexibility index (Phi) is 8.44. The van der Waals surface area contributed by atoms with E-state index < -0.39 is 0 Å². The number of para-hydroxylation sites is 1. The SMILES string of the molecule is Cc1ccc(CNCCN(C)C)cc1NC(=O)c1ccc(Nc2nc(-c3ccccc3)c3ccccc3n2)cc1. The lowest BCUT2D eigenvalue weighted by atomic mass is 10.1. The summed E-state index contributed by atoms with van der Waals surface area (Å²) in [4.78, 5) is 24.7. The molecule has 4 aromatic carbocycles. The molecule has 0 spiro atoms. The first-order valence-electron chi connectivity index (χ1n) is 13.4. The quantitative estimate of drug-likeness (QED) is 0.185. The van der Waals surface area contributed by atoms with Crippen molar-refractivity contribution >= 4 is 34.1 Å². The maximum absolute atomic E-state index is 13.1. The number of amides is 1. The van der Waals surface area contributed by atoms with Crippen LogP contribution in [0.15, 0.2) is 97.1 Å². The highest BCUT2D eigenvalue weighted by Crippen LogP contribution is 2.28. The summed E-state index contributed by atoms with van der Waals surface area (Å²) in [5, 5.41) is 10.8. The van der Waals surface area contributed by atoms with Crippen molar-refractivity contribution in [1.29, 1.82) is 0 Å². The summed E-state index contributed by atoms with van der Waals surface area (Å²) < 4.78 is 0. The van der Waals surface area contributed by atoms with E-state index in [1.807, 2.05) is 85.8 Å². The van der Waals surface area contributed by atoms with E-state index in [9.17, 15) is 4.79 Å². The van der Waals surface area contributed by atoms with Gasteiger partial charge in [0.2, 0.25) is 5.95 Å². The van der Waals surface area contributed by atoms with Crippen molar-refractivity contribution in [2.45, 2.75) is 13.5 Å². The molecule has 0 aliphatic rings. The Hall–Kier alpha value is -4.59. The van der Waals surface area contributed by atoms with E-state index in [1.54, 1.807) is 12.1 Å². The van der Waals surface area contributed by atoms with Gasteiger partial charge >= 0.3 is 0 Å². The number of carbonyl (C=O) groups excluding carboxylic acids is 1. The van der Waals surface area contributed by atoms with Gasteiger partial charge in [-0.1, -0.05) is 60.7 Å². The smallest absolute Gasteiger partial charge is 0.255 e. The summed E-state index contributed by atoms with van der Waals surface area (Å²) in [7, 11) is 4.12. The van der Waals surface area contributed by atoms with Gasteiger partial charge in [-0.2, -0.15) is 0 Å². The second-order valence-electron chi connectivity index (χ2n) is 10.1. The summed E-state index contributed by atoms with van der Waals surface area (Å²) in [6, 6.07) is 31.6. The van der Waals surface area contributed by atoms with Gasteiger partial charge in [-0.3, -0.25) is 4.79 Å². The lowest BCUT2D eigenvalue weighted by molar-refractivity contribution is 0.102. The summed E-state index contributed by atoms with van der Waals surface area (Å²) in [6.45, 7) is 4.63. The van der Waals surface area contributed by atoms with Crippen molar-refractivity contribution < 1.29 is 4.79 Å². The maximum Gasteiger partial charge on any atom is 0.255 e. The second-order valence-corrected chi connectivity index (χ2v) is 10.1. The van der Waals surface area contributed by atoms with Crippen LogP contribution in [0.25, 0.3) is 22.2 Å². The Morgan fingerprint density at radius 2 is 1.60 bits per heavy atom. The number of carbonyl (C=O) groups is 1. The topological polar surface area (TPSA) is 82.2 Å². The van der Waals surface area contributed by atoms with Crippen LogP contribution < -0.4 is 16.0 Å². The average molecular weight is 531 g/mol. The minimum atomic E-state index is -0.152. The van der Waals surface area contributed by atoms with E-state index >= 15 is 0 Å². The van der Waals surface area contributed by atoms with Gasteiger partial charge in [-0.05, 0) is 68.5 Å². The minimum absolute atomic E-state index is 0.152. The molecule has 1 heterocycles. The van der Waals surface area contributed by atoms with Crippen LogP contribution in [-0.4, -0.2) is 48.0 Å². The standard InChI is InChI=1S/C33H34N6O/c1-23-13-14-24(22-34-19-20-39(2)3)21-30(23)36-32(40)26-15-17-27(18-16-26)35-33-37-29-12-8-7-11-28(29)31(38-33)25-9-5-4-6-10-25/h4-18,21,34H,19-20,22H2,1-3H3,(H,36,40)(H,35,37,38). The fourth-order valence-corrected chi connectivity index (χ4v) is 4.43. The summed E-state index contributed by atoms with van der Waals surface area (Å²) in [6.07, 6.45) is 0. The monoisotopic (exact) mass is 530 g/mol. The zero-order valence-electron chi connectivity index (χ0n) is 23.1. The van der Waals surface area contributed by atoms with Crippen LogP contribution >= 0.6 is 0 Å². The molecule has 1 aromatic heterocycles. The number of nitrogens with one attached hydrogen (secondary N) is 3. The number of aryl methyl sites for hydroxylation is 1. The van der Waals surface area contributed by atoms with E-state index in [4.69, 9.17) is 9.97 Å². The van der Waals surface area contributed by atoms with Crippen molar-refractivity contribution in [3.05, 3.63) is 114 Å². The molecule has 1 amide bonds. The molecule has 0 aliphatic heterocycles. The van der Waals surface area contributed by atoms with Gasteiger partial charge in [-0.25, -0.2) is 9.97 Å². The fourth-order valence-electron chi connectivity index (χ4n) is 4.43. The zero-order valence-corrected chi connectivity index (χ0v) is 23.1. The molecule has 7 nitrogen and oxygen atoms in total. The molecule has 0 unspecified atom stereocenters. The van der Waals surface area contributed by atoms with E-state index in [-0.39, 0.29) is 5.91 Å². The van der Waals surface area contributed by atoms with Crippen LogP contribution in [0.1, 0.15) is 21.5 Å². The predicted octanol–water partition coefficient (Wildman–Crippen LogP) is 6.25. The summed E-state index contributed by atoms with van der Waals surface area (Å²) in [5.41, 5.74) is 7.10. The number of anilines is 3. The van der Waals surface area contributed by atoms with Crippen LogP contribution in [0.3, 0.4) is 0 Å². The molecule has 5 aromatic rings. The minimum Gasteiger partial charge on any atom is -0.324 e. The number of hydrogen-bond acceptors (Lipinski definition) is 6. The highest BCUT2D eigenvalue weighted by Gasteiger charge is 2.12. The van der Waals surface area contributed by atoms with Gasteiger partial charge < -0.3 is 20.9 Å².